The highest BCUT2D eigenvalue weighted by Gasteiger charge is 2.21. The zero-order valence-corrected chi connectivity index (χ0v) is 11.4. The van der Waals surface area contributed by atoms with E-state index in [0.29, 0.717) is 0 Å². The van der Waals surface area contributed by atoms with Gasteiger partial charge in [-0.3, -0.25) is 9.59 Å². The van der Waals surface area contributed by atoms with Gasteiger partial charge in [-0.25, -0.2) is 0 Å². The van der Waals surface area contributed by atoms with Crippen LogP contribution >= 0.6 is 0 Å². The first kappa shape index (κ1) is 15.0. The summed E-state index contributed by atoms with van der Waals surface area (Å²) in [6.45, 7) is 5.63. The first-order valence-corrected chi connectivity index (χ1v) is 6.87. The van der Waals surface area contributed by atoms with Crippen molar-refractivity contribution in [2.24, 2.45) is 11.7 Å². The number of carbonyl (C=O) groups is 2. The van der Waals surface area contributed by atoms with Crippen molar-refractivity contribution in [1.29, 1.82) is 0 Å². The third-order valence-corrected chi connectivity index (χ3v) is 3.68. The molecule has 2 amide bonds. The van der Waals surface area contributed by atoms with Crippen LogP contribution in [-0.2, 0) is 9.59 Å². The molecule has 0 bridgehead atoms. The molecule has 18 heavy (non-hydrogen) atoms. The molecule has 1 rings (SSSR count). The first-order chi connectivity index (χ1) is 8.56. The number of nitrogens with one attached hydrogen (secondary N) is 1. The summed E-state index contributed by atoms with van der Waals surface area (Å²) in [6, 6.07) is -0.524. The number of nitrogens with zero attached hydrogens (tertiary/aromatic N) is 1. The maximum absolute atomic E-state index is 11.8. The Labute approximate surface area is 109 Å². The fourth-order valence-corrected chi connectivity index (χ4v) is 2.05. The Hall–Kier alpha value is -1.10. The highest BCUT2D eigenvalue weighted by atomic mass is 16.2. The van der Waals surface area contributed by atoms with Crippen LogP contribution in [0.2, 0.25) is 0 Å². The van der Waals surface area contributed by atoms with Crippen LogP contribution in [0.15, 0.2) is 0 Å². The minimum Gasteiger partial charge on any atom is -0.346 e. The van der Waals surface area contributed by atoms with Crippen LogP contribution in [-0.4, -0.2) is 42.4 Å². The van der Waals surface area contributed by atoms with Crippen molar-refractivity contribution < 1.29 is 9.59 Å². The van der Waals surface area contributed by atoms with Crippen molar-refractivity contribution in [2.75, 3.05) is 19.6 Å². The molecule has 1 saturated heterocycles. The van der Waals surface area contributed by atoms with Gasteiger partial charge in [0.05, 0.1) is 12.6 Å². The Balaban J connectivity index is 2.31. The fourth-order valence-electron chi connectivity index (χ4n) is 2.05. The maximum Gasteiger partial charge on any atom is 0.241 e. The van der Waals surface area contributed by atoms with Gasteiger partial charge in [-0.2, -0.15) is 0 Å². The molecule has 5 nitrogen and oxygen atoms in total. The van der Waals surface area contributed by atoms with Gasteiger partial charge in [0.1, 0.15) is 0 Å². The monoisotopic (exact) mass is 255 g/mol. The maximum atomic E-state index is 11.8. The SMILES string of the molecule is CCC(C)C(N)C(=O)NCC(=O)N1CCCCC1. The molecular weight excluding hydrogens is 230 g/mol. The highest BCUT2D eigenvalue weighted by Crippen LogP contribution is 2.08. The van der Waals surface area contributed by atoms with Crippen LogP contribution in [0.5, 0.6) is 0 Å². The summed E-state index contributed by atoms with van der Waals surface area (Å²) < 4.78 is 0. The Morgan fingerprint density at radius 3 is 2.44 bits per heavy atom. The Bertz CT molecular complexity index is 274. The van der Waals surface area contributed by atoms with Gasteiger partial charge in [-0.15, -0.1) is 0 Å². The van der Waals surface area contributed by atoms with Gasteiger partial charge in [0.2, 0.25) is 11.8 Å². The van der Waals surface area contributed by atoms with Crippen molar-refractivity contribution in [3.05, 3.63) is 0 Å². The number of amides is 2. The molecule has 1 aliphatic rings. The fraction of sp³-hybridized carbons (Fsp3) is 0.846. The molecule has 2 atom stereocenters. The number of carbonyl (C=O) groups excluding carboxylic acids is 2. The molecule has 0 aromatic rings. The molecule has 5 heteroatoms. The van der Waals surface area contributed by atoms with E-state index in [0.717, 1.165) is 32.4 Å². The second-order valence-electron chi connectivity index (χ2n) is 5.07. The highest BCUT2D eigenvalue weighted by molar-refractivity contribution is 5.87. The number of likely N-dealkylation sites (tertiary alicyclic amines) is 1. The van der Waals surface area contributed by atoms with E-state index in [9.17, 15) is 9.59 Å². The van der Waals surface area contributed by atoms with Crippen LogP contribution in [0, 0.1) is 5.92 Å². The predicted molar refractivity (Wildman–Crippen MR) is 70.9 cm³/mol. The van der Waals surface area contributed by atoms with Crippen LogP contribution in [0.1, 0.15) is 39.5 Å². The average Bonchev–Trinajstić information content (AvgIpc) is 2.43. The van der Waals surface area contributed by atoms with E-state index in [-0.39, 0.29) is 24.3 Å². The molecule has 104 valence electrons. The summed E-state index contributed by atoms with van der Waals surface area (Å²) in [4.78, 5) is 25.4. The number of piperidine rings is 1. The molecule has 0 aliphatic carbocycles. The predicted octanol–water partition coefficient (Wildman–Crippen LogP) is 0.489. The van der Waals surface area contributed by atoms with Gasteiger partial charge >= 0.3 is 0 Å². The largest absolute Gasteiger partial charge is 0.346 e. The number of nitrogens with two attached hydrogens (primary N) is 1. The van der Waals surface area contributed by atoms with E-state index in [2.05, 4.69) is 5.32 Å². The van der Waals surface area contributed by atoms with Gasteiger partial charge in [-0.1, -0.05) is 20.3 Å². The third kappa shape index (κ3) is 4.29. The quantitative estimate of drug-likeness (QED) is 0.750. The minimum absolute atomic E-state index is 0.000554. The Morgan fingerprint density at radius 2 is 1.89 bits per heavy atom. The molecule has 0 aromatic carbocycles. The van der Waals surface area contributed by atoms with Gasteiger partial charge in [0, 0.05) is 13.1 Å². The minimum atomic E-state index is -0.524. The number of hydrogen-bond donors (Lipinski definition) is 2. The summed E-state index contributed by atoms with van der Waals surface area (Å²) in [5, 5.41) is 2.64. The van der Waals surface area contributed by atoms with Gasteiger partial charge in [0.15, 0.2) is 0 Å². The Morgan fingerprint density at radius 1 is 1.28 bits per heavy atom. The summed E-state index contributed by atoms with van der Waals surface area (Å²) in [7, 11) is 0. The second-order valence-corrected chi connectivity index (χ2v) is 5.07. The molecule has 2 unspecified atom stereocenters. The topological polar surface area (TPSA) is 75.4 Å². The molecule has 0 saturated carbocycles. The van der Waals surface area contributed by atoms with Crippen LogP contribution < -0.4 is 11.1 Å². The van der Waals surface area contributed by atoms with Crippen LogP contribution in [0.3, 0.4) is 0 Å². The zero-order chi connectivity index (χ0) is 13.5. The summed E-state index contributed by atoms with van der Waals surface area (Å²) in [5.41, 5.74) is 5.80. The Kier molecular flexibility index (Phi) is 6.12. The number of hydrogen-bond acceptors (Lipinski definition) is 3. The lowest BCUT2D eigenvalue weighted by Crippen LogP contribution is -2.49. The van der Waals surface area contributed by atoms with Crippen molar-refractivity contribution in [2.45, 2.75) is 45.6 Å². The van der Waals surface area contributed by atoms with E-state index in [1.807, 2.05) is 18.7 Å². The molecule has 0 aromatic heterocycles. The van der Waals surface area contributed by atoms with Crippen molar-refractivity contribution in [3.63, 3.8) is 0 Å². The standard InChI is InChI=1S/C13H25N3O2/c1-3-10(2)12(14)13(18)15-9-11(17)16-7-5-4-6-8-16/h10,12H,3-9,14H2,1-2H3,(H,15,18). The lowest BCUT2D eigenvalue weighted by atomic mass is 9.99. The van der Waals surface area contributed by atoms with Crippen molar-refractivity contribution in [1.82, 2.24) is 10.2 Å². The van der Waals surface area contributed by atoms with E-state index in [1.54, 1.807) is 0 Å². The molecule has 1 heterocycles. The zero-order valence-electron chi connectivity index (χ0n) is 11.4. The third-order valence-electron chi connectivity index (χ3n) is 3.68. The molecular formula is C13H25N3O2. The van der Waals surface area contributed by atoms with E-state index >= 15 is 0 Å². The van der Waals surface area contributed by atoms with E-state index < -0.39 is 6.04 Å². The molecule has 0 spiro atoms. The van der Waals surface area contributed by atoms with Crippen molar-refractivity contribution >= 4 is 11.8 Å². The summed E-state index contributed by atoms with van der Waals surface area (Å²) in [5.74, 6) is -0.0933. The molecule has 3 N–H and O–H groups in total. The summed E-state index contributed by atoms with van der Waals surface area (Å²) >= 11 is 0. The van der Waals surface area contributed by atoms with Crippen LogP contribution in [0.4, 0.5) is 0 Å². The smallest absolute Gasteiger partial charge is 0.241 e. The summed E-state index contributed by atoms with van der Waals surface area (Å²) in [6.07, 6.45) is 4.17. The molecule has 1 fully saturated rings. The van der Waals surface area contributed by atoms with Crippen LogP contribution in [0.25, 0.3) is 0 Å². The number of rotatable bonds is 5. The average molecular weight is 255 g/mol. The van der Waals surface area contributed by atoms with Gasteiger partial charge in [0.25, 0.3) is 0 Å². The van der Waals surface area contributed by atoms with Gasteiger partial charge in [-0.05, 0) is 25.2 Å². The van der Waals surface area contributed by atoms with E-state index in [1.165, 1.54) is 6.42 Å². The van der Waals surface area contributed by atoms with Gasteiger partial charge < -0.3 is 16.0 Å². The lowest BCUT2D eigenvalue weighted by Gasteiger charge is -2.27. The first-order valence-electron chi connectivity index (χ1n) is 6.87. The van der Waals surface area contributed by atoms with Crippen molar-refractivity contribution in [3.8, 4) is 0 Å². The second kappa shape index (κ2) is 7.36. The van der Waals surface area contributed by atoms with E-state index in [4.69, 9.17) is 5.73 Å². The molecule has 0 radical (unpaired) electrons. The normalized spacial score (nSPS) is 19.2. The lowest BCUT2D eigenvalue weighted by molar-refractivity contribution is -0.134. The molecule has 1 aliphatic heterocycles.